The van der Waals surface area contributed by atoms with Gasteiger partial charge in [0.25, 0.3) is 0 Å². The molecule has 0 aromatic heterocycles. The molecule has 2 heterocycles. The van der Waals surface area contributed by atoms with Gasteiger partial charge in [-0.1, -0.05) is 0 Å². The predicted octanol–water partition coefficient (Wildman–Crippen LogP) is 2.17. The van der Waals surface area contributed by atoms with Gasteiger partial charge in [0.2, 0.25) is 0 Å². The fourth-order valence-electron chi connectivity index (χ4n) is 2.64. The average Bonchev–Trinajstić information content (AvgIpc) is 2.93. The number of nitrogens with one attached hydrogen (secondary N) is 1. The lowest BCUT2D eigenvalue weighted by Gasteiger charge is -2.29. The molecule has 0 bridgehead atoms. The van der Waals surface area contributed by atoms with Crippen LogP contribution in [0.5, 0.6) is 0 Å². The minimum absolute atomic E-state index is 0.134. The lowest BCUT2D eigenvalue weighted by molar-refractivity contribution is 0.557. The van der Waals surface area contributed by atoms with E-state index in [0.717, 1.165) is 56.1 Å². The van der Waals surface area contributed by atoms with E-state index in [-0.39, 0.29) is 5.82 Å². The summed E-state index contributed by atoms with van der Waals surface area (Å²) in [5.41, 5.74) is 1.59. The molecule has 2 aliphatic heterocycles. The average molecular weight is 247 g/mol. The molecular weight excluding hydrogens is 229 g/mol. The van der Waals surface area contributed by atoms with E-state index >= 15 is 0 Å². The van der Waals surface area contributed by atoms with Crippen molar-refractivity contribution in [3.05, 3.63) is 29.6 Å². The summed E-state index contributed by atoms with van der Waals surface area (Å²) in [6.45, 7) is 3.57. The van der Waals surface area contributed by atoms with Gasteiger partial charge >= 0.3 is 0 Å². The van der Waals surface area contributed by atoms with Crippen LogP contribution in [0.4, 0.5) is 10.1 Å². The van der Waals surface area contributed by atoms with Crippen molar-refractivity contribution in [3.63, 3.8) is 0 Å². The zero-order chi connectivity index (χ0) is 12.4. The third kappa shape index (κ3) is 2.19. The van der Waals surface area contributed by atoms with Crippen LogP contribution >= 0.6 is 0 Å². The van der Waals surface area contributed by atoms with E-state index < -0.39 is 0 Å². The fourth-order valence-corrected chi connectivity index (χ4v) is 2.64. The third-order valence-electron chi connectivity index (χ3n) is 3.59. The summed E-state index contributed by atoms with van der Waals surface area (Å²) in [5, 5.41) is 3.17. The van der Waals surface area contributed by atoms with E-state index in [1.807, 2.05) is 12.1 Å². The van der Waals surface area contributed by atoms with Crippen molar-refractivity contribution in [1.29, 1.82) is 0 Å². The van der Waals surface area contributed by atoms with Crippen LogP contribution < -0.4 is 10.2 Å². The summed E-state index contributed by atoms with van der Waals surface area (Å²) < 4.78 is 14.2. The van der Waals surface area contributed by atoms with E-state index in [1.165, 1.54) is 6.42 Å². The molecule has 18 heavy (non-hydrogen) atoms. The Morgan fingerprint density at radius 3 is 2.67 bits per heavy atom. The molecule has 0 radical (unpaired) electrons. The minimum Gasteiger partial charge on any atom is -0.369 e. The Balaban J connectivity index is 1.84. The number of halogens is 1. The predicted molar refractivity (Wildman–Crippen MR) is 71.9 cm³/mol. The van der Waals surface area contributed by atoms with Crippen molar-refractivity contribution in [2.75, 3.05) is 31.1 Å². The number of amidine groups is 1. The fraction of sp³-hybridized carbons (Fsp3) is 0.500. The van der Waals surface area contributed by atoms with E-state index in [4.69, 9.17) is 0 Å². The minimum atomic E-state index is -0.134. The summed E-state index contributed by atoms with van der Waals surface area (Å²) in [7, 11) is 0. The molecule has 0 saturated carbocycles. The van der Waals surface area contributed by atoms with Gasteiger partial charge in [0.1, 0.15) is 11.7 Å². The van der Waals surface area contributed by atoms with Gasteiger partial charge in [-0.25, -0.2) is 4.39 Å². The van der Waals surface area contributed by atoms with Crippen molar-refractivity contribution in [3.8, 4) is 0 Å². The van der Waals surface area contributed by atoms with E-state index in [0.29, 0.717) is 0 Å². The molecule has 0 unspecified atom stereocenters. The number of aliphatic imine (C=N–C) groups is 1. The van der Waals surface area contributed by atoms with Gasteiger partial charge in [-0.3, -0.25) is 4.99 Å². The normalized spacial score (nSPS) is 19.6. The van der Waals surface area contributed by atoms with Crippen LogP contribution in [0.15, 0.2) is 23.2 Å². The van der Waals surface area contributed by atoms with Crippen LogP contribution in [0.1, 0.15) is 24.8 Å². The highest BCUT2D eigenvalue weighted by Gasteiger charge is 2.16. The first-order valence-electron chi connectivity index (χ1n) is 6.68. The summed E-state index contributed by atoms with van der Waals surface area (Å²) in [5.74, 6) is 0.685. The number of benzene rings is 1. The van der Waals surface area contributed by atoms with Crippen molar-refractivity contribution in [2.24, 2.45) is 4.99 Å². The molecule has 3 rings (SSSR count). The summed E-state index contributed by atoms with van der Waals surface area (Å²) >= 11 is 0. The zero-order valence-electron chi connectivity index (χ0n) is 10.5. The zero-order valence-corrected chi connectivity index (χ0v) is 10.5. The number of nitrogens with zero attached hydrogens (tertiary/aromatic N) is 2. The molecule has 0 aliphatic carbocycles. The van der Waals surface area contributed by atoms with Crippen molar-refractivity contribution in [1.82, 2.24) is 5.32 Å². The Kier molecular flexibility index (Phi) is 3.17. The smallest absolute Gasteiger partial charge is 0.147 e. The summed E-state index contributed by atoms with van der Waals surface area (Å²) in [4.78, 5) is 6.46. The van der Waals surface area contributed by atoms with E-state index in [1.54, 1.807) is 6.07 Å². The Hall–Kier alpha value is -1.58. The quantitative estimate of drug-likeness (QED) is 0.867. The lowest BCUT2D eigenvalue weighted by atomic mass is 10.1. The van der Waals surface area contributed by atoms with Gasteiger partial charge in [0.05, 0.1) is 12.2 Å². The van der Waals surface area contributed by atoms with Gasteiger partial charge < -0.3 is 10.2 Å². The van der Waals surface area contributed by atoms with Gasteiger partial charge in [0.15, 0.2) is 0 Å². The SMILES string of the molecule is Fc1cc(C2=NCCN2)ccc1N1CCCCC1. The lowest BCUT2D eigenvalue weighted by Crippen LogP contribution is -2.30. The molecule has 0 spiro atoms. The maximum Gasteiger partial charge on any atom is 0.147 e. The molecule has 3 nitrogen and oxygen atoms in total. The van der Waals surface area contributed by atoms with Gasteiger partial charge in [-0.2, -0.15) is 0 Å². The second-order valence-corrected chi connectivity index (χ2v) is 4.87. The second-order valence-electron chi connectivity index (χ2n) is 4.87. The maximum atomic E-state index is 14.2. The van der Waals surface area contributed by atoms with Crippen LogP contribution in [0.3, 0.4) is 0 Å². The molecule has 96 valence electrons. The highest BCUT2D eigenvalue weighted by Crippen LogP contribution is 2.24. The molecule has 1 aromatic rings. The molecule has 0 atom stereocenters. The Bertz CT molecular complexity index is 464. The number of rotatable bonds is 2. The van der Waals surface area contributed by atoms with Crippen LogP contribution in [0, 0.1) is 5.82 Å². The molecule has 4 heteroatoms. The largest absolute Gasteiger partial charge is 0.369 e. The molecule has 2 aliphatic rings. The standard InChI is InChI=1S/C14H18FN3/c15-12-10-11(14-16-6-7-17-14)4-5-13(12)18-8-2-1-3-9-18/h4-5,10H,1-3,6-9H2,(H,16,17). The van der Waals surface area contributed by atoms with E-state index in [2.05, 4.69) is 15.2 Å². The van der Waals surface area contributed by atoms with Crippen LogP contribution in [0.2, 0.25) is 0 Å². The monoisotopic (exact) mass is 247 g/mol. The van der Waals surface area contributed by atoms with Crippen molar-refractivity contribution < 1.29 is 4.39 Å². The topological polar surface area (TPSA) is 27.6 Å². The summed E-state index contributed by atoms with van der Waals surface area (Å²) in [6.07, 6.45) is 3.59. The maximum absolute atomic E-state index is 14.2. The highest BCUT2D eigenvalue weighted by atomic mass is 19.1. The van der Waals surface area contributed by atoms with Crippen molar-refractivity contribution >= 4 is 11.5 Å². The number of anilines is 1. The first kappa shape index (κ1) is 11.5. The molecule has 1 fully saturated rings. The highest BCUT2D eigenvalue weighted by molar-refractivity contribution is 6.00. The molecular formula is C14H18FN3. The van der Waals surface area contributed by atoms with Gasteiger partial charge in [0, 0.05) is 25.2 Å². The second kappa shape index (κ2) is 4.96. The van der Waals surface area contributed by atoms with Crippen molar-refractivity contribution in [2.45, 2.75) is 19.3 Å². The molecule has 1 aromatic carbocycles. The molecule has 0 amide bonds. The van der Waals surface area contributed by atoms with Crippen LogP contribution in [-0.4, -0.2) is 32.0 Å². The number of hydrogen-bond donors (Lipinski definition) is 1. The summed E-state index contributed by atoms with van der Waals surface area (Å²) in [6, 6.07) is 5.45. The first-order valence-corrected chi connectivity index (χ1v) is 6.68. The third-order valence-corrected chi connectivity index (χ3v) is 3.59. The molecule has 1 saturated heterocycles. The molecule has 1 N–H and O–H groups in total. The number of hydrogen-bond acceptors (Lipinski definition) is 3. The van der Waals surface area contributed by atoms with Crippen LogP contribution in [-0.2, 0) is 0 Å². The number of piperidine rings is 1. The Morgan fingerprint density at radius 1 is 1.17 bits per heavy atom. The van der Waals surface area contributed by atoms with Crippen LogP contribution in [0.25, 0.3) is 0 Å². The van der Waals surface area contributed by atoms with E-state index in [9.17, 15) is 4.39 Å². The Labute approximate surface area is 107 Å². The van der Waals surface area contributed by atoms with Gasteiger partial charge in [-0.05, 0) is 37.5 Å². The first-order chi connectivity index (χ1) is 8.84. The Morgan fingerprint density at radius 2 is 2.00 bits per heavy atom. The van der Waals surface area contributed by atoms with Gasteiger partial charge in [-0.15, -0.1) is 0 Å².